The monoisotopic (exact) mass is 422 g/mol. The minimum Gasteiger partial charge on any atom is -0.486 e. The molecule has 0 unspecified atom stereocenters. The van der Waals surface area contributed by atoms with Crippen LogP contribution in [0.3, 0.4) is 0 Å². The Bertz CT molecular complexity index is 1020. The lowest BCUT2D eigenvalue weighted by Crippen LogP contribution is -2.48. The summed E-state index contributed by atoms with van der Waals surface area (Å²) in [5.74, 6) is 0.454. The topological polar surface area (TPSA) is 91.4 Å². The number of rotatable bonds is 5. The maximum Gasteiger partial charge on any atom is 0.233 e. The number of ether oxygens (including phenoxy) is 1. The highest BCUT2D eigenvalue weighted by molar-refractivity contribution is 7.89. The number of sulfonamides is 1. The largest absolute Gasteiger partial charge is 0.486 e. The first kappa shape index (κ1) is 20.6. The molecule has 1 aliphatic rings. The molecule has 9 heteroatoms. The number of aliphatic hydroxyl groups is 2. The van der Waals surface area contributed by atoms with Crippen LogP contribution in [0, 0.1) is 13.5 Å². The van der Waals surface area contributed by atoms with Crippen molar-refractivity contribution in [3.05, 3.63) is 64.5 Å². The van der Waals surface area contributed by atoms with Gasteiger partial charge in [-0.3, -0.25) is 0 Å². The standard InChI is InChI=1S/C19H19ClN2O5S/c1-13-3-6-15(7-4-13)27-18-10-22(11-19(18,24)12-23)28(25,26)17-8-5-14(20)9-16(17)21-2/h3-9,18,23-24H,10-12H2,1H3/t18-,19+/m0/s1. The average Bonchev–Trinajstić information content (AvgIpc) is 3.01. The van der Waals surface area contributed by atoms with Gasteiger partial charge in [0.05, 0.1) is 24.6 Å². The Labute approximate surface area is 168 Å². The van der Waals surface area contributed by atoms with Crippen LogP contribution < -0.4 is 4.74 Å². The fourth-order valence-electron chi connectivity index (χ4n) is 3.02. The van der Waals surface area contributed by atoms with Gasteiger partial charge in [-0.15, -0.1) is 0 Å². The Hall–Kier alpha value is -2.15. The summed E-state index contributed by atoms with van der Waals surface area (Å²) in [5.41, 5.74) is -0.861. The van der Waals surface area contributed by atoms with E-state index in [-0.39, 0.29) is 28.7 Å². The van der Waals surface area contributed by atoms with E-state index in [1.807, 2.05) is 19.1 Å². The Morgan fingerprint density at radius 3 is 2.61 bits per heavy atom. The summed E-state index contributed by atoms with van der Waals surface area (Å²) >= 11 is 5.85. The molecule has 0 amide bonds. The smallest absolute Gasteiger partial charge is 0.233 e. The SMILES string of the molecule is [C-]#[N+]c1cc(Cl)ccc1S(=O)(=O)N1C[C@H](Oc2ccc(C)cc2)[C@](O)(CO)C1. The van der Waals surface area contributed by atoms with Crippen LogP contribution in [-0.2, 0) is 10.0 Å². The molecule has 3 rings (SSSR count). The fourth-order valence-corrected chi connectivity index (χ4v) is 4.80. The van der Waals surface area contributed by atoms with Crippen LogP contribution in [0.5, 0.6) is 5.75 Å². The van der Waals surface area contributed by atoms with Gasteiger partial charge in [0.2, 0.25) is 15.7 Å². The van der Waals surface area contributed by atoms with Crippen molar-refractivity contribution >= 4 is 27.3 Å². The predicted molar refractivity (Wildman–Crippen MR) is 104 cm³/mol. The van der Waals surface area contributed by atoms with Crippen LogP contribution in [0.4, 0.5) is 5.69 Å². The molecule has 1 fully saturated rings. The number of halogens is 1. The van der Waals surface area contributed by atoms with Gasteiger partial charge in [0.1, 0.15) is 17.5 Å². The van der Waals surface area contributed by atoms with Crippen LogP contribution >= 0.6 is 11.6 Å². The molecule has 0 bridgehead atoms. The number of hydrogen-bond donors (Lipinski definition) is 2. The lowest BCUT2D eigenvalue weighted by Gasteiger charge is -2.27. The van der Waals surface area contributed by atoms with Gasteiger partial charge in [0.25, 0.3) is 0 Å². The van der Waals surface area contributed by atoms with Gasteiger partial charge in [0.15, 0.2) is 0 Å². The molecule has 0 saturated carbocycles. The summed E-state index contributed by atoms with van der Waals surface area (Å²) in [7, 11) is -4.10. The molecule has 2 atom stereocenters. The van der Waals surface area contributed by atoms with E-state index in [9.17, 15) is 18.6 Å². The molecule has 0 aromatic heterocycles. The first-order valence-corrected chi connectivity index (χ1v) is 10.2. The van der Waals surface area contributed by atoms with Crippen molar-refractivity contribution in [1.29, 1.82) is 0 Å². The third-order valence-electron chi connectivity index (χ3n) is 4.65. The average molecular weight is 423 g/mol. The summed E-state index contributed by atoms with van der Waals surface area (Å²) in [6, 6.07) is 11.0. The lowest BCUT2D eigenvalue weighted by atomic mass is 10.0. The number of nitrogens with zero attached hydrogens (tertiary/aromatic N) is 2. The molecule has 0 spiro atoms. The third kappa shape index (κ3) is 3.85. The van der Waals surface area contributed by atoms with Crippen molar-refractivity contribution in [2.45, 2.75) is 23.5 Å². The Morgan fingerprint density at radius 1 is 1.32 bits per heavy atom. The molecule has 1 heterocycles. The van der Waals surface area contributed by atoms with Gasteiger partial charge in [0, 0.05) is 11.6 Å². The molecule has 7 nitrogen and oxygen atoms in total. The van der Waals surface area contributed by atoms with Crippen molar-refractivity contribution in [2.24, 2.45) is 0 Å². The molecule has 2 N–H and O–H groups in total. The molecule has 0 radical (unpaired) electrons. The zero-order valence-corrected chi connectivity index (χ0v) is 16.6. The predicted octanol–water partition coefficient (Wildman–Crippen LogP) is 2.37. The highest BCUT2D eigenvalue weighted by atomic mass is 35.5. The van der Waals surface area contributed by atoms with Crippen molar-refractivity contribution in [1.82, 2.24) is 4.31 Å². The Morgan fingerprint density at radius 2 is 2.00 bits per heavy atom. The van der Waals surface area contributed by atoms with Crippen molar-refractivity contribution < 1.29 is 23.4 Å². The highest BCUT2D eigenvalue weighted by Gasteiger charge is 2.51. The van der Waals surface area contributed by atoms with Crippen molar-refractivity contribution in [3.8, 4) is 5.75 Å². The van der Waals surface area contributed by atoms with Gasteiger partial charge in [-0.05, 0) is 31.2 Å². The molecular formula is C19H19ClN2O5S. The minimum absolute atomic E-state index is 0.108. The zero-order chi connectivity index (χ0) is 20.5. The number of aryl methyl sites for hydroxylation is 1. The van der Waals surface area contributed by atoms with E-state index in [1.165, 1.54) is 18.2 Å². The van der Waals surface area contributed by atoms with Gasteiger partial charge in [-0.2, -0.15) is 4.31 Å². The van der Waals surface area contributed by atoms with Gasteiger partial charge in [-0.25, -0.2) is 13.3 Å². The highest BCUT2D eigenvalue weighted by Crippen LogP contribution is 2.35. The second kappa shape index (κ2) is 7.70. The molecule has 2 aromatic carbocycles. The second-order valence-electron chi connectivity index (χ2n) is 6.70. The van der Waals surface area contributed by atoms with Gasteiger partial charge in [-0.1, -0.05) is 35.4 Å². The van der Waals surface area contributed by atoms with E-state index in [1.54, 1.807) is 12.1 Å². The molecule has 2 aromatic rings. The second-order valence-corrected chi connectivity index (χ2v) is 9.05. The molecule has 28 heavy (non-hydrogen) atoms. The van der Waals surface area contributed by atoms with Crippen LogP contribution in [0.1, 0.15) is 5.56 Å². The lowest BCUT2D eigenvalue weighted by molar-refractivity contribution is -0.0640. The van der Waals surface area contributed by atoms with E-state index in [0.29, 0.717) is 5.75 Å². The third-order valence-corrected chi connectivity index (χ3v) is 6.75. The summed E-state index contributed by atoms with van der Waals surface area (Å²) in [4.78, 5) is 3.03. The van der Waals surface area contributed by atoms with Crippen LogP contribution in [0.25, 0.3) is 4.85 Å². The first-order valence-electron chi connectivity index (χ1n) is 8.43. The fraction of sp³-hybridized carbons (Fsp3) is 0.316. The maximum atomic E-state index is 13.1. The van der Waals surface area contributed by atoms with Crippen LogP contribution in [0.2, 0.25) is 5.02 Å². The van der Waals surface area contributed by atoms with E-state index >= 15 is 0 Å². The van der Waals surface area contributed by atoms with Gasteiger partial charge >= 0.3 is 0 Å². The maximum absolute atomic E-state index is 13.1. The molecule has 148 valence electrons. The molecular weight excluding hydrogens is 404 g/mol. The van der Waals surface area contributed by atoms with Gasteiger partial charge < -0.3 is 14.9 Å². The summed E-state index contributed by atoms with van der Waals surface area (Å²) in [6.07, 6.45) is -0.973. The Balaban J connectivity index is 1.91. The summed E-state index contributed by atoms with van der Waals surface area (Å²) in [5, 5.41) is 20.7. The Kier molecular flexibility index (Phi) is 5.66. The van der Waals surface area contributed by atoms with E-state index in [2.05, 4.69) is 4.85 Å². The van der Waals surface area contributed by atoms with E-state index < -0.39 is 28.3 Å². The first-order chi connectivity index (χ1) is 13.2. The number of benzene rings is 2. The van der Waals surface area contributed by atoms with Crippen LogP contribution in [0.15, 0.2) is 47.4 Å². The molecule has 1 saturated heterocycles. The van der Waals surface area contributed by atoms with Crippen LogP contribution in [-0.4, -0.2) is 54.3 Å². The van der Waals surface area contributed by atoms with Crippen molar-refractivity contribution in [3.63, 3.8) is 0 Å². The number of hydrogen-bond acceptors (Lipinski definition) is 5. The van der Waals surface area contributed by atoms with E-state index in [0.717, 1.165) is 9.87 Å². The number of β-amino-alcohol motifs (C(OH)–C–C–N with tert-alkyl or cyclic N) is 1. The molecule has 0 aliphatic carbocycles. The normalized spacial score (nSPS) is 22.8. The van der Waals surface area contributed by atoms with E-state index in [4.69, 9.17) is 22.9 Å². The quantitative estimate of drug-likeness (QED) is 0.722. The number of aliphatic hydroxyl groups excluding tert-OH is 1. The zero-order valence-electron chi connectivity index (χ0n) is 15.0. The molecule has 1 aliphatic heterocycles. The van der Waals surface area contributed by atoms with Crippen molar-refractivity contribution in [2.75, 3.05) is 19.7 Å². The summed E-state index contributed by atoms with van der Waals surface area (Å²) in [6.45, 7) is 7.93. The summed E-state index contributed by atoms with van der Waals surface area (Å²) < 4.78 is 32.9. The minimum atomic E-state index is -4.10.